The molecule has 0 heterocycles. The van der Waals surface area contributed by atoms with Crippen LogP contribution in [0.2, 0.25) is 0 Å². The van der Waals surface area contributed by atoms with Gasteiger partial charge in [-0.2, -0.15) is 0 Å². The largest absolute Gasteiger partial charge is 0.102 e. The van der Waals surface area contributed by atoms with Crippen molar-refractivity contribution in [1.29, 1.82) is 0 Å². The molecule has 0 aliphatic rings. The maximum absolute atomic E-state index is 2.89. The van der Waals surface area contributed by atoms with E-state index in [-0.39, 0.29) is 0 Å². The summed E-state index contributed by atoms with van der Waals surface area (Å²) in [5.74, 6) is 5.71. The zero-order chi connectivity index (χ0) is 7.82. The Morgan fingerprint density at radius 3 is 2.70 bits per heavy atom. The molecule has 54 valence electrons. The lowest BCUT2D eigenvalue weighted by Crippen LogP contribution is -1.65. The van der Waals surface area contributed by atoms with Gasteiger partial charge in [0.15, 0.2) is 0 Å². The zero-order valence-corrected chi connectivity index (χ0v) is 6.94. The van der Waals surface area contributed by atoms with Gasteiger partial charge < -0.3 is 0 Å². The third-order valence-corrected chi connectivity index (χ3v) is 1.06. The van der Waals surface area contributed by atoms with Gasteiger partial charge in [-0.25, -0.2) is 0 Å². The van der Waals surface area contributed by atoms with Crippen LogP contribution < -0.4 is 0 Å². The Morgan fingerprint density at radius 1 is 1.50 bits per heavy atom. The molecule has 0 aliphatic carbocycles. The van der Waals surface area contributed by atoms with Crippen molar-refractivity contribution in [3.8, 4) is 11.8 Å². The lowest BCUT2D eigenvalue weighted by atomic mass is 10.2. The molecule has 0 heteroatoms. The molecule has 0 unspecified atom stereocenters. The molecule has 0 saturated carbocycles. The van der Waals surface area contributed by atoms with Crippen molar-refractivity contribution in [3.05, 3.63) is 23.8 Å². The van der Waals surface area contributed by atoms with Gasteiger partial charge in [0.25, 0.3) is 0 Å². The maximum atomic E-state index is 2.89. The Hall–Kier alpha value is -0.960. The standard InChI is InChI=1S/C10H14/c1-4-6-8-10(3)9-7-5-2/h6,8-9H,4H2,1-3H3/b8-6-,10-9-. The lowest BCUT2D eigenvalue weighted by molar-refractivity contribution is 1.22. The van der Waals surface area contributed by atoms with Crippen molar-refractivity contribution >= 4 is 0 Å². The monoisotopic (exact) mass is 134 g/mol. The van der Waals surface area contributed by atoms with Crippen LogP contribution in [0.5, 0.6) is 0 Å². The second kappa shape index (κ2) is 6.16. The molecule has 0 bridgehead atoms. The van der Waals surface area contributed by atoms with Crippen LogP contribution in [-0.4, -0.2) is 0 Å². The molecule has 0 aromatic heterocycles. The molecule has 0 fully saturated rings. The van der Waals surface area contributed by atoms with E-state index < -0.39 is 0 Å². The summed E-state index contributed by atoms with van der Waals surface area (Å²) in [6.45, 7) is 6.01. The number of rotatable bonds is 2. The first-order valence-electron chi connectivity index (χ1n) is 3.56. The summed E-state index contributed by atoms with van der Waals surface area (Å²) in [6, 6.07) is 0. The highest BCUT2D eigenvalue weighted by Gasteiger charge is 1.74. The van der Waals surface area contributed by atoms with Crippen LogP contribution in [0.1, 0.15) is 27.2 Å². The van der Waals surface area contributed by atoms with Gasteiger partial charge in [0.1, 0.15) is 0 Å². The van der Waals surface area contributed by atoms with Crippen molar-refractivity contribution in [2.45, 2.75) is 27.2 Å². The van der Waals surface area contributed by atoms with Crippen LogP contribution >= 0.6 is 0 Å². The molecule has 0 saturated heterocycles. The normalized spacial score (nSPS) is 11.3. The third-order valence-electron chi connectivity index (χ3n) is 1.06. The fraction of sp³-hybridized carbons (Fsp3) is 0.400. The number of allylic oxidation sites excluding steroid dienone is 4. The van der Waals surface area contributed by atoms with Gasteiger partial charge in [-0.05, 0) is 31.9 Å². The van der Waals surface area contributed by atoms with Crippen molar-refractivity contribution in [3.63, 3.8) is 0 Å². The summed E-state index contributed by atoms with van der Waals surface area (Å²) in [6.07, 6.45) is 7.23. The van der Waals surface area contributed by atoms with Crippen molar-refractivity contribution < 1.29 is 0 Å². The van der Waals surface area contributed by atoms with Crippen LogP contribution in [0.3, 0.4) is 0 Å². The van der Waals surface area contributed by atoms with Crippen LogP contribution in [-0.2, 0) is 0 Å². The lowest BCUT2D eigenvalue weighted by Gasteiger charge is -1.84. The minimum atomic E-state index is 1.09. The Balaban J connectivity index is 3.90. The Kier molecular flexibility index (Phi) is 5.57. The van der Waals surface area contributed by atoms with Gasteiger partial charge in [-0.3, -0.25) is 0 Å². The molecule has 0 radical (unpaired) electrons. The highest BCUT2D eigenvalue weighted by atomic mass is 13.8. The fourth-order valence-corrected chi connectivity index (χ4v) is 0.538. The molecule has 0 nitrogen and oxygen atoms in total. The molecule has 0 spiro atoms. The molecule has 0 N–H and O–H groups in total. The van der Waals surface area contributed by atoms with Gasteiger partial charge in [-0.15, -0.1) is 5.92 Å². The molecule has 0 aromatic carbocycles. The van der Waals surface area contributed by atoms with Crippen molar-refractivity contribution in [2.75, 3.05) is 0 Å². The first kappa shape index (κ1) is 9.04. The zero-order valence-electron chi connectivity index (χ0n) is 6.94. The smallest absolute Gasteiger partial charge is 0.00235 e. The average Bonchev–Trinajstić information content (AvgIpc) is 1.97. The second-order valence-corrected chi connectivity index (χ2v) is 2.09. The molecular formula is C10H14. The first-order valence-corrected chi connectivity index (χ1v) is 3.56. The van der Waals surface area contributed by atoms with E-state index in [9.17, 15) is 0 Å². The Labute approximate surface area is 63.6 Å². The van der Waals surface area contributed by atoms with Crippen molar-refractivity contribution in [1.82, 2.24) is 0 Å². The summed E-state index contributed by atoms with van der Waals surface area (Å²) < 4.78 is 0. The van der Waals surface area contributed by atoms with Gasteiger partial charge in [-0.1, -0.05) is 25.0 Å². The minimum absolute atomic E-state index is 1.09. The molecule has 0 amide bonds. The van der Waals surface area contributed by atoms with Crippen LogP contribution in [0, 0.1) is 11.8 Å². The highest BCUT2D eigenvalue weighted by molar-refractivity contribution is 5.26. The third kappa shape index (κ3) is 5.18. The molecule has 0 rings (SSSR count). The Morgan fingerprint density at radius 2 is 2.20 bits per heavy atom. The summed E-state index contributed by atoms with van der Waals surface area (Å²) in [5, 5.41) is 0. The quantitative estimate of drug-likeness (QED) is 0.402. The number of hydrogen-bond acceptors (Lipinski definition) is 0. The van der Waals surface area contributed by atoms with Gasteiger partial charge in [0.2, 0.25) is 0 Å². The van der Waals surface area contributed by atoms with E-state index in [4.69, 9.17) is 0 Å². The maximum Gasteiger partial charge on any atom is -0.00235 e. The van der Waals surface area contributed by atoms with E-state index >= 15 is 0 Å². The summed E-state index contributed by atoms with van der Waals surface area (Å²) in [5.41, 5.74) is 1.22. The van der Waals surface area contributed by atoms with E-state index in [0.29, 0.717) is 0 Å². The van der Waals surface area contributed by atoms with E-state index in [2.05, 4.69) is 37.8 Å². The van der Waals surface area contributed by atoms with Crippen LogP contribution in [0.4, 0.5) is 0 Å². The summed E-state index contributed by atoms with van der Waals surface area (Å²) >= 11 is 0. The van der Waals surface area contributed by atoms with E-state index in [1.54, 1.807) is 0 Å². The molecule has 0 aliphatic heterocycles. The van der Waals surface area contributed by atoms with Crippen LogP contribution in [0.15, 0.2) is 23.8 Å². The SMILES string of the molecule is CC#C/C=C(C)\C=C/CC. The minimum Gasteiger partial charge on any atom is -0.102 e. The predicted octanol–water partition coefficient (Wildman–Crippen LogP) is 2.92. The Bertz CT molecular complexity index is 184. The van der Waals surface area contributed by atoms with E-state index in [0.717, 1.165) is 6.42 Å². The predicted molar refractivity (Wildman–Crippen MR) is 46.6 cm³/mol. The van der Waals surface area contributed by atoms with Gasteiger partial charge in [0.05, 0.1) is 0 Å². The van der Waals surface area contributed by atoms with Gasteiger partial charge in [0, 0.05) is 0 Å². The summed E-state index contributed by atoms with van der Waals surface area (Å²) in [4.78, 5) is 0. The van der Waals surface area contributed by atoms with E-state index in [1.165, 1.54) is 5.57 Å². The number of hydrogen-bond donors (Lipinski definition) is 0. The van der Waals surface area contributed by atoms with Gasteiger partial charge >= 0.3 is 0 Å². The molecule has 10 heavy (non-hydrogen) atoms. The molecule has 0 aromatic rings. The molecular weight excluding hydrogens is 120 g/mol. The van der Waals surface area contributed by atoms with E-state index in [1.807, 2.05) is 13.0 Å². The average molecular weight is 134 g/mol. The summed E-state index contributed by atoms with van der Waals surface area (Å²) in [7, 11) is 0. The first-order chi connectivity index (χ1) is 4.81. The molecule has 0 atom stereocenters. The van der Waals surface area contributed by atoms with Crippen molar-refractivity contribution in [2.24, 2.45) is 0 Å². The van der Waals surface area contributed by atoms with Crippen LogP contribution in [0.25, 0.3) is 0 Å². The fourth-order valence-electron chi connectivity index (χ4n) is 0.538. The highest BCUT2D eigenvalue weighted by Crippen LogP contribution is 1.94. The second-order valence-electron chi connectivity index (χ2n) is 2.09. The topological polar surface area (TPSA) is 0 Å².